The zero-order valence-electron chi connectivity index (χ0n) is 16.6. The van der Waals surface area contributed by atoms with Crippen molar-refractivity contribution in [2.75, 3.05) is 29.9 Å². The molecule has 0 radical (unpaired) electrons. The Kier molecular flexibility index (Phi) is 6.23. The first-order chi connectivity index (χ1) is 13.5. The molecule has 1 aromatic carbocycles. The summed E-state index contributed by atoms with van der Waals surface area (Å²) in [5, 5.41) is 2.82. The number of aromatic nitrogens is 2. The molecule has 0 aliphatic carbocycles. The number of benzene rings is 1. The molecule has 1 fully saturated rings. The molecule has 1 aromatic heterocycles. The second-order valence-electron chi connectivity index (χ2n) is 7.12. The Morgan fingerprint density at radius 1 is 1.18 bits per heavy atom. The molecule has 1 aliphatic rings. The number of ether oxygens (including phenoxy) is 1. The van der Waals surface area contributed by atoms with Gasteiger partial charge in [-0.05, 0) is 62.9 Å². The van der Waals surface area contributed by atoms with E-state index in [1.54, 1.807) is 37.3 Å². The van der Waals surface area contributed by atoms with E-state index in [0.717, 1.165) is 31.6 Å². The second-order valence-corrected chi connectivity index (χ2v) is 7.12. The highest BCUT2D eigenvalue weighted by Crippen LogP contribution is 2.21. The second kappa shape index (κ2) is 8.82. The Balaban J connectivity index is 1.71. The first-order valence-electron chi connectivity index (χ1n) is 9.65. The van der Waals surface area contributed by atoms with Crippen LogP contribution in [0.5, 0.6) is 0 Å². The van der Waals surface area contributed by atoms with Crippen LogP contribution in [-0.2, 0) is 4.74 Å². The highest BCUT2D eigenvalue weighted by atomic mass is 16.5. The first kappa shape index (κ1) is 19.8. The van der Waals surface area contributed by atoms with Crippen LogP contribution in [0, 0.1) is 12.8 Å². The van der Waals surface area contributed by atoms with Gasteiger partial charge in [0.15, 0.2) is 0 Å². The van der Waals surface area contributed by atoms with Crippen molar-refractivity contribution in [2.24, 2.45) is 5.92 Å². The number of carbonyl (C=O) groups is 2. The minimum absolute atomic E-state index is 0.305. The summed E-state index contributed by atoms with van der Waals surface area (Å²) < 4.78 is 4.96. The lowest BCUT2D eigenvalue weighted by Gasteiger charge is -2.30. The Hall–Kier alpha value is -2.96. The molecule has 7 nitrogen and oxygen atoms in total. The van der Waals surface area contributed by atoms with E-state index < -0.39 is 0 Å². The number of piperidine rings is 1. The van der Waals surface area contributed by atoms with Gasteiger partial charge in [-0.2, -0.15) is 0 Å². The van der Waals surface area contributed by atoms with E-state index in [1.807, 2.05) is 6.92 Å². The monoisotopic (exact) mass is 382 g/mol. The minimum atomic E-state index is -0.382. The highest BCUT2D eigenvalue weighted by molar-refractivity contribution is 6.03. The Bertz CT molecular complexity index is 843. The smallest absolute Gasteiger partial charge is 0.338 e. The van der Waals surface area contributed by atoms with Gasteiger partial charge in [0.1, 0.15) is 5.69 Å². The quantitative estimate of drug-likeness (QED) is 0.798. The van der Waals surface area contributed by atoms with Gasteiger partial charge in [-0.15, -0.1) is 0 Å². The van der Waals surface area contributed by atoms with Crippen LogP contribution in [0.1, 0.15) is 53.2 Å². The van der Waals surface area contributed by atoms with E-state index in [0.29, 0.717) is 35.4 Å². The van der Waals surface area contributed by atoms with Crippen molar-refractivity contribution in [1.82, 2.24) is 9.97 Å². The lowest BCUT2D eigenvalue weighted by molar-refractivity contribution is 0.0526. The van der Waals surface area contributed by atoms with Crippen LogP contribution < -0.4 is 10.2 Å². The van der Waals surface area contributed by atoms with Gasteiger partial charge in [0.2, 0.25) is 5.95 Å². The normalized spacial score (nSPS) is 14.6. The summed E-state index contributed by atoms with van der Waals surface area (Å²) >= 11 is 0. The maximum Gasteiger partial charge on any atom is 0.338 e. The number of amides is 1. The molecular weight excluding hydrogens is 356 g/mol. The van der Waals surface area contributed by atoms with Crippen molar-refractivity contribution in [1.29, 1.82) is 0 Å². The number of hydrogen-bond acceptors (Lipinski definition) is 6. The standard InChI is InChI=1S/C21H26N4O3/c1-4-28-20(27)16-5-7-17(8-6-16)23-19(26)18-13-15(3)22-21(24-18)25-11-9-14(2)10-12-25/h5-8,13-14H,4,9-12H2,1-3H3,(H,23,26). The highest BCUT2D eigenvalue weighted by Gasteiger charge is 2.20. The molecule has 1 saturated heterocycles. The van der Waals surface area contributed by atoms with Crippen molar-refractivity contribution in [3.05, 3.63) is 47.3 Å². The molecule has 2 heterocycles. The fraction of sp³-hybridized carbons (Fsp3) is 0.429. The number of hydrogen-bond donors (Lipinski definition) is 1. The number of rotatable bonds is 5. The lowest BCUT2D eigenvalue weighted by atomic mass is 10.00. The summed E-state index contributed by atoms with van der Waals surface area (Å²) in [4.78, 5) is 35.5. The SMILES string of the molecule is CCOC(=O)c1ccc(NC(=O)c2cc(C)nc(N3CCC(C)CC3)n2)cc1. The molecule has 0 unspecified atom stereocenters. The maximum absolute atomic E-state index is 12.7. The summed E-state index contributed by atoms with van der Waals surface area (Å²) in [5.74, 6) is 0.629. The van der Waals surface area contributed by atoms with Crippen LogP contribution >= 0.6 is 0 Å². The van der Waals surface area contributed by atoms with Crippen LogP contribution in [0.2, 0.25) is 0 Å². The first-order valence-corrected chi connectivity index (χ1v) is 9.65. The summed E-state index contributed by atoms with van der Waals surface area (Å²) in [6.45, 7) is 8.00. The van der Waals surface area contributed by atoms with Gasteiger partial charge >= 0.3 is 5.97 Å². The molecule has 3 rings (SSSR count). The number of esters is 1. The fourth-order valence-electron chi connectivity index (χ4n) is 3.12. The summed E-state index contributed by atoms with van der Waals surface area (Å²) in [7, 11) is 0. The van der Waals surface area contributed by atoms with Gasteiger partial charge in [-0.25, -0.2) is 14.8 Å². The Morgan fingerprint density at radius 3 is 2.50 bits per heavy atom. The zero-order chi connectivity index (χ0) is 20.1. The average molecular weight is 382 g/mol. The third-order valence-electron chi connectivity index (χ3n) is 4.80. The number of nitrogens with one attached hydrogen (secondary N) is 1. The minimum Gasteiger partial charge on any atom is -0.462 e. The largest absolute Gasteiger partial charge is 0.462 e. The zero-order valence-corrected chi connectivity index (χ0v) is 16.6. The van der Waals surface area contributed by atoms with Gasteiger partial charge in [-0.3, -0.25) is 4.79 Å². The van der Waals surface area contributed by atoms with Gasteiger partial charge in [0.25, 0.3) is 5.91 Å². The van der Waals surface area contributed by atoms with Crippen LogP contribution in [0.4, 0.5) is 11.6 Å². The van der Waals surface area contributed by atoms with Crippen molar-refractivity contribution in [3.8, 4) is 0 Å². The van der Waals surface area contributed by atoms with Crippen LogP contribution in [0.15, 0.2) is 30.3 Å². The van der Waals surface area contributed by atoms with Crippen LogP contribution in [-0.4, -0.2) is 41.5 Å². The van der Waals surface area contributed by atoms with E-state index >= 15 is 0 Å². The molecule has 2 aromatic rings. The molecule has 0 saturated carbocycles. The molecule has 148 valence electrons. The molecule has 1 aliphatic heterocycles. The van der Waals surface area contributed by atoms with Gasteiger partial charge in [-0.1, -0.05) is 6.92 Å². The number of aryl methyl sites for hydroxylation is 1. The maximum atomic E-state index is 12.7. The van der Waals surface area contributed by atoms with E-state index in [2.05, 4.69) is 27.1 Å². The summed E-state index contributed by atoms with van der Waals surface area (Å²) in [6, 6.07) is 8.27. The van der Waals surface area contributed by atoms with E-state index in [4.69, 9.17) is 4.74 Å². The predicted molar refractivity (Wildman–Crippen MR) is 108 cm³/mol. The molecule has 1 N–H and O–H groups in total. The Morgan fingerprint density at radius 2 is 1.86 bits per heavy atom. The number of carbonyl (C=O) groups excluding carboxylic acids is 2. The van der Waals surface area contributed by atoms with Gasteiger partial charge in [0.05, 0.1) is 12.2 Å². The van der Waals surface area contributed by atoms with Crippen molar-refractivity contribution in [3.63, 3.8) is 0 Å². The van der Waals surface area contributed by atoms with E-state index in [1.165, 1.54) is 0 Å². The number of nitrogens with zero attached hydrogens (tertiary/aromatic N) is 3. The van der Waals surface area contributed by atoms with Crippen molar-refractivity contribution >= 4 is 23.5 Å². The van der Waals surface area contributed by atoms with E-state index in [9.17, 15) is 9.59 Å². The fourth-order valence-corrected chi connectivity index (χ4v) is 3.12. The third-order valence-corrected chi connectivity index (χ3v) is 4.80. The van der Waals surface area contributed by atoms with Crippen molar-refractivity contribution < 1.29 is 14.3 Å². The molecule has 0 spiro atoms. The predicted octanol–water partition coefficient (Wildman–Crippen LogP) is 3.45. The van der Waals surface area contributed by atoms with Crippen molar-refractivity contribution in [2.45, 2.75) is 33.6 Å². The molecule has 0 atom stereocenters. The molecule has 0 bridgehead atoms. The summed E-state index contributed by atoms with van der Waals surface area (Å²) in [6.07, 6.45) is 2.21. The van der Waals surface area contributed by atoms with E-state index in [-0.39, 0.29) is 11.9 Å². The average Bonchev–Trinajstić information content (AvgIpc) is 2.69. The Labute approximate surface area is 165 Å². The van der Waals surface area contributed by atoms with Crippen LogP contribution in [0.3, 0.4) is 0 Å². The molecule has 28 heavy (non-hydrogen) atoms. The topological polar surface area (TPSA) is 84.4 Å². The van der Waals surface area contributed by atoms with Gasteiger partial charge < -0.3 is 15.0 Å². The lowest BCUT2D eigenvalue weighted by Crippen LogP contribution is -2.34. The van der Waals surface area contributed by atoms with Gasteiger partial charge in [0, 0.05) is 24.5 Å². The van der Waals surface area contributed by atoms with Crippen LogP contribution in [0.25, 0.3) is 0 Å². The molecular formula is C21H26N4O3. The third kappa shape index (κ3) is 4.85. The molecule has 7 heteroatoms. The number of anilines is 2. The summed E-state index contributed by atoms with van der Waals surface area (Å²) in [5.41, 5.74) is 2.11. The molecule has 1 amide bonds.